The maximum absolute atomic E-state index is 11.9. The average Bonchev–Trinajstić information content (AvgIpc) is 2.75. The van der Waals surface area contributed by atoms with Crippen molar-refractivity contribution in [1.29, 1.82) is 0 Å². The predicted molar refractivity (Wildman–Crippen MR) is 66.9 cm³/mol. The molecule has 0 atom stereocenters. The lowest BCUT2D eigenvalue weighted by molar-refractivity contribution is -0.384. The number of hydrogen-bond acceptors (Lipinski definition) is 5. The molecule has 0 aromatic heterocycles. The van der Waals surface area contributed by atoms with E-state index >= 15 is 0 Å². The van der Waals surface area contributed by atoms with E-state index in [0.717, 1.165) is 0 Å². The third kappa shape index (κ3) is 2.67. The van der Waals surface area contributed by atoms with Crippen LogP contribution in [0.4, 0.5) is 10.5 Å². The van der Waals surface area contributed by atoms with Crippen molar-refractivity contribution in [3.8, 4) is 0 Å². The summed E-state index contributed by atoms with van der Waals surface area (Å²) in [7, 11) is 0. The van der Waals surface area contributed by atoms with Gasteiger partial charge in [-0.05, 0) is 0 Å². The molecule has 1 amide bonds. The van der Waals surface area contributed by atoms with E-state index in [0.29, 0.717) is 12.3 Å². The van der Waals surface area contributed by atoms with Gasteiger partial charge in [-0.15, -0.1) is 0 Å². The Morgan fingerprint density at radius 1 is 1.50 bits per heavy atom. The molecule has 1 heterocycles. The topological polar surface area (TPSA) is 80.5 Å². The van der Waals surface area contributed by atoms with Crippen LogP contribution >= 0.6 is 11.8 Å². The van der Waals surface area contributed by atoms with Crippen molar-refractivity contribution >= 4 is 28.5 Å². The first kappa shape index (κ1) is 12.6. The molecule has 0 radical (unpaired) electrons. The number of ketones is 1. The Labute approximate surface area is 107 Å². The summed E-state index contributed by atoms with van der Waals surface area (Å²) >= 11 is 1.18. The Kier molecular flexibility index (Phi) is 3.61. The number of nitro groups is 1. The lowest BCUT2D eigenvalue weighted by atomic mass is 10.1. The zero-order valence-electron chi connectivity index (χ0n) is 9.37. The van der Waals surface area contributed by atoms with Crippen molar-refractivity contribution in [3.05, 3.63) is 39.9 Å². The van der Waals surface area contributed by atoms with Gasteiger partial charge in [-0.2, -0.15) is 0 Å². The van der Waals surface area contributed by atoms with E-state index in [4.69, 9.17) is 0 Å². The van der Waals surface area contributed by atoms with Crippen molar-refractivity contribution in [2.24, 2.45) is 0 Å². The fourth-order valence-electron chi connectivity index (χ4n) is 1.63. The summed E-state index contributed by atoms with van der Waals surface area (Å²) in [6.07, 6.45) is 0. The van der Waals surface area contributed by atoms with E-state index in [1.165, 1.54) is 40.9 Å². The second-order valence-corrected chi connectivity index (χ2v) is 4.81. The second kappa shape index (κ2) is 5.18. The highest BCUT2D eigenvalue weighted by atomic mass is 32.2. The number of amides is 1. The van der Waals surface area contributed by atoms with E-state index < -0.39 is 4.92 Å². The first-order chi connectivity index (χ1) is 8.58. The van der Waals surface area contributed by atoms with Crippen molar-refractivity contribution in [1.82, 2.24) is 4.90 Å². The average molecular weight is 266 g/mol. The molecular formula is C11H10N2O4S. The largest absolute Gasteiger partial charge is 0.325 e. The fourth-order valence-corrected chi connectivity index (χ4v) is 2.45. The molecule has 1 aliphatic rings. The van der Waals surface area contributed by atoms with Crippen LogP contribution in [0.5, 0.6) is 0 Å². The smallest absolute Gasteiger partial charge is 0.282 e. The molecule has 0 aliphatic carbocycles. The van der Waals surface area contributed by atoms with Gasteiger partial charge >= 0.3 is 0 Å². The molecule has 1 aromatic carbocycles. The minimum Gasteiger partial charge on any atom is -0.325 e. The van der Waals surface area contributed by atoms with Gasteiger partial charge in [0, 0.05) is 30.0 Å². The van der Waals surface area contributed by atoms with Crippen molar-refractivity contribution in [2.45, 2.75) is 0 Å². The minimum absolute atomic E-state index is 0.0208. The van der Waals surface area contributed by atoms with Crippen molar-refractivity contribution in [2.75, 3.05) is 18.8 Å². The molecule has 94 valence electrons. The molecule has 1 aliphatic heterocycles. The standard InChI is InChI=1S/C11H10N2O4S/c14-10(7-12-4-5-18-11(12)15)8-2-1-3-9(6-8)13(16)17/h1-3,6H,4-5,7H2. The van der Waals surface area contributed by atoms with Crippen LogP contribution in [-0.4, -0.2) is 39.7 Å². The molecule has 1 aromatic rings. The molecule has 0 spiro atoms. The molecule has 1 saturated heterocycles. The zero-order chi connectivity index (χ0) is 13.1. The van der Waals surface area contributed by atoms with Gasteiger partial charge in [-0.1, -0.05) is 23.9 Å². The first-order valence-electron chi connectivity index (χ1n) is 5.27. The lowest BCUT2D eigenvalue weighted by Gasteiger charge is -2.12. The number of carbonyl (C=O) groups is 2. The van der Waals surface area contributed by atoms with Gasteiger partial charge in [0.05, 0.1) is 11.5 Å². The lowest BCUT2D eigenvalue weighted by Crippen LogP contribution is -2.29. The number of hydrogen-bond donors (Lipinski definition) is 0. The third-order valence-corrected chi connectivity index (χ3v) is 3.45. The van der Waals surface area contributed by atoms with Gasteiger partial charge in [0.15, 0.2) is 5.78 Å². The number of thioether (sulfide) groups is 1. The van der Waals surface area contributed by atoms with Gasteiger partial charge in [0.2, 0.25) is 0 Å². The van der Waals surface area contributed by atoms with E-state index in [2.05, 4.69) is 0 Å². The molecule has 0 N–H and O–H groups in total. The van der Waals surface area contributed by atoms with Gasteiger partial charge in [-0.25, -0.2) is 0 Å². The van der Waals surface area contributed by atoms with Crippen molar-refractivity contribution in [3.63, 3.8) is 0 Å². The maximum atomic E-state index is 11.9. The molecular weight excluding hydrogens is 256 g/mol. The molecule has 0 saturated carbocycles. The van der Waals surface area contributed by atoms with Crippen LogP contribution in [0.1, 0.15) is 10.4 Å². The summed E-state index contributed by atoms with van der Waals surface area (Å²) in [4.78, 5) is 34.7. The van der Waals surface area contributed by atoms with Crippen LogP contribution in [0.2, 0.25) is 0 Å². The number of nitrogens with zero attached hydrogens (tertiary/aromatic N) is 2. The van der Waals surface area contributed by atoms with Crippen LogP contribution in [0.15, 0.2) is 24.3 Å². The number of Topliss-reactive ketones (excluding diaryl/α,β-unsaturated/α-hetero) is 1. The molecule has 7 heteroatoms. The van der Waals surface area contributed by atoms with Gasteiger partial charge in [0.25, 0.3) is 10.9 Å². The quantitative estimate of drug-likeness (QED) is 0.472. The van der Waals surface area contributed by atoms with Crippen LogP contribution in [0.3, 0.4) is 0 Å². The van der Waals surface area contributed by atoms with E-state index in [9.17, 15) is 19.7 Å². The summed E-state index contributed by atoms with van der Waals surface area (Å²) in [6, 6.07) is 5.54. The Balaban J connectivity index is 2.11. The summed E-state index contributed by atoms with van der Waals surface area (Å²) in [5, 5.41) is 10.5. The third-order valence-electron chi connectivity index (χ3n) is 2.56. The highest BCUT2D eigenvalue weighted by molar-refractivity contribution is 8.13. The number of carbonyl (C=O) groups excluding carboxylic acids is 2. The number of benzene rings is 1. The fraction of sp³-hybridized carbons (Fsp3) is 0.273. The summed E-state index contributed by atoms with van der Waals surface area (Å²) in [5.41, 5.74) is 0.136. The molecule has 1 fully saturated rings. The van der Waals surface area contributed by atoms with E-state index in [1.54, 1.807) is 0 Å². The Bertz CT molecular complexity index is 518. The maximum Gasteiger partial charge on any atom is 0.282 e. The second-order valence-electron chi connectivity index (χ2n) is 3.77. The zero-order valence-corrected chi connectivity index (χ0v) is 10.2. The van der Waals surface area contributed by atoms with Crippen LogP contribution in [0, 0.1) is 10.1 Å². The van der Waals surface area contributed by atoms with Gasteiger partial charge in [0.1, 0.15) is 0 Å². The Morgan fingerprint density at radius 2 is 2.28 bits per heavy atom. The highest BCUT2D eigenvalue weighted by Gasteiger charge is 2.24. The molecule has 18 heavy (non-hydrogen) atoms. The van der Waals surface area contributed by atoms with Gasteiger partial charge < -0.3 is 4.90 Å². The Hall–Kier alpha value is -1.89. The van der Waals surface area contributed by atoms with E-state index in [1.807, 2.05) is 0 Å². The van der Waals surface area contributed by atoms with Crippen LogP contribution < -0.4 is 0 Å². The predicted octanol–water partition coefficient (Wildman–Crippen LogP) is 1.95. The SMILES string of the molecule is O=C(CN1CCSC1=O)c1cccc([N+](=O)[O-])c1. The van der Waals surface area contributed by atoms with Gasteiger partial charge in [-0.3, -0.25) is 19.7 Å². The van der Waals surface area contributed by atoms with Crippen molar-refractivity contribution < 1.29 is 14.5 Å². The monoisotopic (exact) mass is 266 g/mol. The van der Waals surface area contributed by atoms with Crippen LogP contribution in [-0.2, 0) is 0 Å². The number of nitro benzene ring substituents is 1. The summed E-state index contributed by atoms with van der Waals surface area (Å²) in [6.45, 7) is 0.525. The van der Waals surface area contributed by atoms with E-state index in [-0.39, 0.29) is 28.8 Å². The number of non-ortho nitro benzene ring substituents is 1. The summed E-state index contributed by atoms with van der Waals surface area (Å²) < 4.78 is 0. The molecule has 0 unspecified atom stereocenters. The van der Waals surface area contributed by atoms with Crippen LogP contribution in [0.25, 0.3) is 0 Å². The molecule has 0 bridgehead atoms. The first-order valence-corrected chi connectivity index (χ1v) is 6.26. The number of rotatable bonds is 4. The summed E-state index contributed by atoms with van der Waals surface area (Å²) in [5.74, 6) is 0.399. The normalized spacial score (nSPS) is 14.9. The highest BCUT2D eigenvalue weighted by Crippen LogP contribution is 2.19. The Morgan fingerprint density at radius 3 is 2.89 bits per heavy atom. The minimum atomic E-state index is -0.548. The molecule has 2 rings (SSSR count). The molecule has 6 nitrogen and oxygen atoms in total.